The van der Waals surface area contributed by atoms with Crippen molar-refractivity contribution in [2.24, 2.45) is 0 Å². The Kier molecular flexibility index (Phi) is 3.83. The molecule has 0 aromatic carbocycles. The number of aryl methyl sites for hydroxylation is 1. The Morgan fingerprint density at radius 2 is 2.32 bits per heavy atom. The highest BCUT2D eigenvalue weighted by Crippen LogP contribution is 2.27. The number of pyridine rings is 2. The van der Waals surface area contributed by atoms with E-state index in [2.05, 4.69) is 15.1 Å². The topological polar surface area (TPSA) is 83.9 Å². The van der Waals surface area contributed by atoms with Crippen molar-refractivity contribution in [1.82, 2.24) is 24.6 Å². The van der Waals surface area contributed by atoms with Crippen molar-refractivity contribution in [2.75, 3.05) is 13.1 Å². The molecule has 3 aromatic heterocycles. The lowest BCUT2D eigenvalue weighted by atomic mass is 10.0. The standard InChI is InChI=1S/C18H19N5O2/c1-2-23-11-13(9-20-23)18(25)22-7-5-12(10-22)15-8-16-14(17(24)21-15)4-3-6-19-16/h3-4,6,8-9,11-12H,2,5,7,10H2,1H3,(H,21,24). The first kappa shape index (κ1) is 15.6. The maximum atomic E-state index is 12.6. The number of nitrogens with zero attached hydrogens (tertiary/aromatic N) is 4. The molecule has 1 unspecified atom stereocenters. The second-order valence-corrected chi connectivity index (χ2v) is 6.31. The van der Waals surface area contributed by atoms with Gasteiger partial charge in [-0.15, -0.1) is 0 Å². The number of fused-ring (bicyclic) bond motifs is 1. The number of rotatable bonds is 3. The Hall–Kier alpha value is -2.96. The summed E-state index contributed by atoms with van der Waals surface area (Å²) < 4.78 is 1.74. The summed E-state index contributed by atoms with van der Waals surface area (Å²) in [6.07, 6.45) is 5.89. The molecule has 1 aliphatic heterocycles. The van der Waals surface area contributed by atoms with Crippen molar-refractivity contribution >= 4 is 16.8 Å². The van der Waals surface area contributed by atoms with Gasteiger partial charge in [-0.3, -0.25) is 19.3 Å². The number of amides is 1. The molecule has 0 bridgehead atoms. The van der Waals surface area contributed by atoms with Gasteiger partial charge in [-0.2, -0.15) is 5.10 Å². The summed E-state index contributed by atoms with van der Waals surface area (Å²) in [5.74, 6) is 0.104. The molecular weight excluding hydrogens is 318 g/mol. The van der Waals surface area contributed by atoms with Crippen LogP contribution in [0, 0.1) is 0 Å². The van der Waals surface area contributed by atoms with Gasteiger partial charge in [0.15, 0.2) is 0 Å². The molecule has 0 radical (unpaired) electrons. The molecule has 1 amide bonds. The second kappa shape index (κ2) is 6.16. The molecule has 4 heterocycles. The third kappa shape index (κ3) is 2.82. The van der Waals surface area contributed by atoms with E-state index in [1.165, 1.54) is 0 Å². The van der Waals surface area contributed by atoms with Gasteiger partial charge in [0.1, 0.15) is 0 Å². The van der Waals surface area contributed by atoms with Gasteiger partial charge in [0, 0.05) is 43.6 Å². The molecule has 1 aliphatic rings. The fraction of sp³-hybridized carbons (Fsp3) is 0.333. The van der Waals surface area contributed by atoms with E-state index in [0.717, 1.165) is 18.7 Å². The van der Waals surface area contributed by atoms with Crippen molar-refractivity contribution in [1.29, 1.82) is 0 Å². The predicted octanol–water partition coefficient (Wildman–Crippen LogP) is 1.77. The van der Waals surface area contributed by atoms with E-state index in [-0.39, 0.29) is 17.4 Å². The summed E-state index contributed by atoms with van der Waals surface area (Å²) in [5.41, 5.74) is 2.01. The van der Waals surface area contributed by atoms with Crippen molar-refractivity contribution in [3.63, 3.8) is 0 Å². The molecule has 7 nitrogen and oxygen atoms in total. The van der Waals surface area contributed by atoms with Crippen LogP contribution in [0.5, 0.6) is 0 Å². The minimum Gasteiger partial charge on any atom is -0.338 e. The molecule has 1 N–H and O–H groups in total. The van der Waals surface area contributed by atoms with Crippen LogP contribution < -0.4 is 5.56 Å². The zero-order valence-electron chi connectivity index (χ0n) is 14.0. The minimum absolute atomic E-state index is 0.0107. The number of nitrogens with one attached hydrogen (secondary N) is 1. The van der Waals surface area contributed by atoms with E-state index in [1.807, 2.05) is 17.9 Å². The summed E-state index contributed by atoms with van der Waals surface area (Å²) in [5, 5.41) is 4.75. The fourth-order valence-electron chi connectivity index (χ4n) is 3.35. The fourth-order valence-corrected chi connectivity index (χ4v) is 3.35. The summed E-state index contributed by atoms with van der Waals surface area (Å²) >= 11 is 0. The number of likely N-dealkylation sites (tertiary alicyclic amines) is 1. The zero-order chi connectivity index (χ0) is 17.4. The normalized spacial score (nSPS) is 17.3. The molecule has 3 aromatic rings. The molecule has 0 aliphatic carbocycles. The van der Waals surface area contributed by atoms with E-state index < -0.39 is 0 Å². The van der Waals surface area contributed by atoms with E-state index in [4.69, 9.17) is 0 Å². The average Bonchev–Trinajstić information content (AvgIpc) is 3.31. The lowest BCUT2D eigenvalue weighted by molar-refractivity contribution is 0.0790. The first-order valence-corrected chi connectivity index (χ1v) is 8.45. The van der Waals surface area contributed by atoms with Crippen molar-refractivity contribution in [2.45, 2.75) is 25.8 Å². The van der Waals surface area contributed by atoms with Crippen molar-refractivity contribution in [3.8, 4) is 0 Å². The number of carbonyl (C=O) groups is 1. The number of hydrogen-bond donors (Lipinski definition) is 1. The third-order valence-electron chi connectivity index (χ3n) is 4.75. The average molecular weight is 337 g/mol. The number of hydrogen-bond acceptors (Lipinski definition) is 4. The monoisotopic (exact) mass is 337 g/mol. The lowest BCUT2D eigenvalue weighted by Gasteiger charge is -2.15. The number of H-pyrrole nitrogens is 1. The summed E-state index contributed by atoms with van der Waals surface area (Å²) in [7, 11) is 0. The Bertz CT molecular complexity index is 990. The molecular formula is C18H19N5O2. The van der Waals surface area contributed by atoms with E-state index >= 15 is 0 Å². The van der Waals surface area contributed by atoms with Crippen LogP contribution in [-0.4, -0.2) is 43.6 Å². The smallest absolute Gasteiger partial charge is 0.257 e. The van der Waals surface area contributed by atoms with Gasteiger partial charge >= 0.3 is 0 Å². The second-order valence-electron chi connectivity index (χ2n) is 6.31. The van der Waals surface area contributed by atoms with Gasteiger partial charge in [-0.05, 0) is 31.5 Å². The zero-order valence-corrected chi connectivity index (χ0v) is 14.0. The third-order valence-corrected chi connectivity index (χ3v) is 4.75. The Morgan fingerprint density at radius 3 is 3.12 bits per heavy atom. The minimum atomic E-state index is -0.130. The molecule has 1 saturated heterocycles. The van der Waals surface area contributed by atoms with Gasteiger partial charge in [-0.1, -0.05) is 0 Å². The molecule has 128 valence electrons. The van der Waals surface area contributed by atoms with E-state index in [0.29, 0.717) is 29.6 Å². The first-order chi connectivity index (χ1) is 12.2. The van der Waals surface area contributed by atoms with Crippen LogP contribution in [0.15, 0.2) is 41.6 Å². The molecule has 0 saturated carbocycles. The maximum absolute atomic E-state index is 12.6. The quantitative estimate of drug-likeness (QED) is 0.789. The molecule has 1 fully saturated rings. The number of aromatic nitrogens is 4. The Labute approximate surface area is 144 Å². The van der Waals surface area contributed by atoms with E-state index in [9.17, 15) is 9.59 Å². The van der Waals surface area contributed by atoms with Crippen LogP contribution in [0.25, 0.3) is 10.9 Å². The SMILES string of the molecule is CCn1cc(C(=O)N2CCC(c3cc4ncccc4c(=O)[nH]3)C2)cn1. The van der Waals surface area contributed by atoms with Gasteiger partial charge < -0.3 is 9.88 Å². The van der Waals surface area contributed by atoms with Crippen LogP contribution >= 0.6 is 0 Å². The molecule has 7 heteroatoms. The summed E-state index contributed by atoms with van der Waals surface area (Å²) in [6.45, 7) is 3.98. The lowest BCUT2D eigenvalue weighted by Crippen LogP contribution is -2.28. The number of aromatic amines is 1. The van der Waals surface area contributed by atoms with Crippen LogP contribution in [0.2, 0.25) is 0 Å². The molecule has 1 atom stereocenters. The Balaban J connectivity index is 1.56. The Morgan fingerprint density at radius 1 is 1.44 bits per heavy atom. The summed E-state index contributed by atoms with van der Waals surface area (Å²) in [6, 6.07) is 5.44. The maximum Gasteiger partial charge on any atom is 0.257 e. The largest absolute Gasteiger partial charge is 0.338 e. The molecule has 0 spiro atoms. The summed E-state index contributed by atoms with van der Waals surface area (Å²) in [4.78, 5) is 33.9. The van der Waals surface area contributed by atoms with Crippen LogP contribution in [0.4, 0.5) is 0 Å². The molecule has 25 heavy (non-hydrogen) atoms. The van der Waals surface area contributed by atoms with Crippen molar-refractivity contribution < 1.29 is 4.79 Å². The number of carbonyl (C=O) groups excluding carboxylic acids is 1. The van der Waals surface area contributed by atoms with Gasteiger partial charge in [0.2, 0.25) is 0 Å². The highest BCUT2D eigenvalue weighted by molar-refractivity contribution is 5.94. The van der Waals surface area contributed by atoms with Gasteiger partial charge in [-0.25, -0.2) is 0 Å². The van der Waals surface area contributed by atoms with Crippen LogP contribution in [-0.2, 0) is 6.54 Å². The van der Waals surface area contributed by atoms with Crippen molar-refractivity contribution in [3.05, 3.63) is 58.4 Å². The van der Waals surface area contributed by atoms with E-state index in [1.54, 1.807) is 35.4 Å². The first-order valence-electron chi connectivity index (χ1n) is 8.45. The highest BCUT2D eigenvalue weighted by atomic mass is 16.2. The van der Waals surface area contributed by atoms with Gasteiger partial charge in [0.05, 0.1) is 22.7 Å². The van der Waals surface area contributed by atoms with Gasteiger partial charge in [0.25, 0.3) is 11.5 Å². The predicted molar refractivity (Wildman–Crippen MR) is 93.5 cm³/mol. The van der Waals surface area contributed by atoms with Crippen LogP contribution in [0.1, 0.15) is 35.3 Å². The molecule has 4 rings (SSSR count). The highest BCUT2D eigenvalue weighted by Gasteiger charge is 2.29. The van der Waals surface area contributed by atoms with Crippen LogP contribution in [0.3, 0.4) is 0 Å².